The first-order valence-electron chi connectivity index (χ1n) is 5.89. The SMILES string of the molecule is CCOC(=O)OCC.OCCOCCOCCO. The zero-order valence-electron chi connectivity index (χ0n) is 11.1. The third kappa shape index (κ3) is 20.5. The number of hydrogen-bond donors (Lipinski definition) is 2. The van der Waals surface area contributed by atoms with E-state index in [-0.39, 0.29) is 13.2 Å². The number of carbonyl (C=O) groups excluding carboxylic acids is 1. The highest BCUT2D eigenvalue weighted by atomic mass is 16.7. The minimum atomic E-state index is -0.588. The van der Waals surface area contributed by atoms with Crippen molar-refractivity contribution in [3.8, 4) is 0 Å². The van der Waals surface area contributed by atoms with Gasteiger partial charge in [0, 0.05) is 0 Å². The van der Waals surface area contributed by atoms with Crippen molar-refractivity contribution in [1.29, 1.82) is 0 Å². The zero-order chi connectivity index (χ0) is 14.1. The third-order valence-corrected chi connectivity index (χ3v) is 1.37. The van der Waals surface area contributed by atoms with Crippen molar-refractivity contribution in [2.75, 3.05) is 52.9 Å². The van der Waals surface area contributed by atoms with E-state index in [9.17, 15) is 4.79 Å². The summed E-state index contributed by atoms with van der Waals surface area (Å²) in [4.78, 5) is 10.2. The number of aliphatic hydroxyl groups is 2. The van der Waals surface area contributed by atoms with Crippen molar-refractivity contribution in [2.24, 2.45) is 0 Å². The molecule has 0 aromatic heterocycles. The topological polar surface area (TPSA) is 94.5 Å². The second-order valence-electron chi connectivity index (χ2n) is 2.79. The molecule has 0 amide bonds. The highest BCUT2D eigenvalue weighted by molar-refractivity contribution is 5.59. The second kappa shape index (κ2) is 18.5. The predicted molar refractivity (Wildman–Crippen MR) is 64.5 cm³/mol. The van der Waals surface area contributed by atoms with E-state index in [0.717, 1.165) is 0 Å². The van der Waals surface area contributed by atoms with Gasteiger partial charge in [0.2, 0.25) is 0 Å². The fourth-order valence-electron chi connectivity index (χ4n) is 0.728. The number of rotatable bonds is 9. The van der Waals surface area contributed by atoms with Crippen molar-refractivity contribution in [1.82, 2.24) is 0 Å². The van der Waals surface area contributed by atoms with Crippen LogP contribution in [0.25, 0.3) is 0 Å². The van der Waals surface area contributed by atoms with Crippen LogP contribution in [0.1, 0.15) is 13.8 Å². The number of ether oxygens (including phenoxy) is 4. The molecule has 0 rings (SSSR count). The molecule has 0 aromatic carbocycles. The Hall–Kier alpha value is -0.890. The second-order valence-corrected chi connectivity index (χ2v) is 2.79. The van der Waals surface area contributed by atoms with Gasteiger partial charge >= 0.3 is 6.16 Å². The summed E-state index contributed by atoms with van der Waals surface area (Å²) in [5.41, 5.74) is 0. The molecule has 0 spiro atoms. The standard InChI is InChI=1S/C6H14O4.C5H10O3/c7-1-3-9-5-6-10-4-2-8;1-3-7-5(6)8-4-2/h7-8H,1-6H2;3-4H2,1-2H3. The molecule has 0 aliphatic carbocycles. The van der Waals surface area contributed by atoms with Gasteiger partial charge in [0.25, 0.3) is 0 Å². The summed E-state index contributed by atoms with van der Waals surface area (Å²) in [6, 6.07) is 0. The maximum atomic E-state index is 10.2. The molecular weight excluding hydrogens is 244 g/mol. The molecule has 0 aliphatic rings. The molecule has 110 valence electrons. The first kappa shape index (κ1) is 19.4. The molecule has 0 fully saturated rings. The Morgan fingerprint density at radius 1 is 0.833 bits per heavy atom. The minimum Gasteiger partial charge on any atom is -0.435 e. The van der Waals surface area contributed by atoms with E-state index in [4.69, 9.17) is 19.7 Å². The summed E-state index contributed by atoms with van der Waals surface area (Å²) >= 11 is 0. The molecule has 0 saturated heterocycles. The molecular formula is C11H24O7. The maximum Gasteiger partial charge on any atom is 0.508 e. The molecule has 0 radical (unpaired) electrons. The van der Waals surface area contributed by atoms with E-state index >= 15 is 0 Å². The van der Waals surface area contributed by atoms with Crippen LogP contribution in [0.4, 0.5) is 4.79 Å². The molecule has 0 unspecified atom stereocenters. The summed E-state index contributed by atoms with van der Waals surface area (Å²) in [7, 11) is 0. The van der Waals surface area contributed by atoms with Crippen LogP contribution in [0.15, 0.2) is 0 Å². The van der Waals surface area contributed by atoms with E-state index in [0.29, 0.717) is 39.6 Å². The van der Waals surface area contributed by atoms with Gasteiger partial charge in [-0.15, -0.1) is 0 Å². The number of aliphatic hydroxyl groups excluding tert-OH is 2. The zero-order valence-corrected chi connectivity index (χ0v) is 11.1. The lowest BCUT2D eigenvalue weighted by molar-refractivity contribution is 0.0222. The highest BCUT2D eigenvalue weighted by Gasteiger charge is 1.96. The lowest BCUT2D eigenvalue weighted by Gasteiger charge is -2.01. The maximum absolute atomic E-state index is 10.2. The van der Waals surface area contributed by atoms with Crippen molar-refractivity contribution in [2.45, 2.75) is 13.8 Å². The minimum absolute atomic E-state index is 0.0417. The van der Waals surface area contributed by atoms with Gasteiger partial charge in [-0.1, -0.05) is 0 Å². The molecule has 7 nitrogen and oxygen atoms in total. The van der Waals surface area contributed by atoms with Gasteiger partial charge in [0.1, 0.15) is 0 Å². The fraction of sp³-hybridized carbons (Fsp3) is 0.909. The molecule has 0 aliphatic heterocycles. The average Bonchev–Trinajstić information content (AvgIpc) is 2.35. The molecule has 0 atom stereocenters. The van der Waals surface area contributed by atoms with Crippen molar-refractivity contribution in [3.63, 3.8) is 0 Å². The Morgan fingerprint density at radius 2 is 1.22 bits per heavy atom. The van der Waals surface area contributed by atoms with Crippen LogP contribution in [-0.4, -0.2) is 69.2 Å². The fourth-order valence-corrected chi connectivity index (χ4v) is 0.728. The van der Waals surface area contributed by atoms with Crippen molar-refractivity contribution >= 4 is 6.16 Å². The van der Waals surface area contributed by atoms with Gasteiger partial charge in [0.05, 0.1) is 52.9 Å². The number of hydrogen-bond acceptors (Lipinski definition) is 7. The van der Waals surface area contributed by atoms with Crippen LogP contribution in [0.2, 0.25) is 0 Å². The lowest BCUT2D eigenvalue weighted by Crippen LogP contribution is -2.09. The molecule has 18 heavy (non-hydrogen) atoms. The lowest BCUT2D eigenvalue weighted by atomic mass is 10.7. The normalized spacial score (nSPS) is 9.33. The van der Waals surface area contributed by atoms with Gasteiger partial charge in [-0.2, -0.15) is 0 Å². The van der Waals surface area contributed by atoms with Gasteiger partial charge in [-0.05, 0) is 13.8 Å². The molecule has 0 heterocycles. The Bertz CT molecular complexity index is 147. The Morgan fingerprint density at radius 3 is 1.50 bits per heavy atom. The third-order valence-electron chi connectivity index (χ3n) is 1.37. The molecule has 0 aromatic rings. The van der Waals surface area contributed by atoms with Gasteiger partial charge < -0.3 is 29.2 Å². The first-order valence-corrected chi connectivity index (χ1v) is 5.89. The summed E-state index contributed by atoms with van der Waals surface area (Å²) in [5.74, 6) is 0. The Kier molecular flexibility index (Phi) is 20.0. The Balaban J connectivity index is 0. The number of carbonyl (C=O) groups is 1. The van der Waals surface area contributed by atoms with Crippen molar-refractivity contribution < 1.29 is 34.0 Å². The van der Waals surface area contributed by atoms with Crippen LogP contribution in [-0.2, 0) is 18.9 Å². The van der Waals surface area contributed by atoms with E-state index in [2.05, 4.69) is 9.47 Å². The summed E-state index contributed by atoms with van der Waals surface area (Å²) in [6.07, 6.45) is -0.588. The summed E-state index contributed by atoms with van der Waals surface area (Å²) < 4.78 is 18.6. The molecule has 2 N–H and O–H groups in total. The van der Waals surface area contributed by atoms with Gasteiger partial charge in [-0.25, -0.2) is 4.79 Å². The van der Waals surface area contributed by atoms with Crippen LogP contribution in [0.3, 0.4) is 0 Å². The summed E-state index contributed by atoms with van der Waals surface area (Å²) in [5, 5.41) is 16.5. The van der Waals surface area contributed by atoms with Crippen LogP contribution >= 0.6 is 0 Å². The van der Waals surface area contributed by atoms with Crippen LogP contribution in [0, 0.1) is 0 Å². The van der Waals surface area contributed by atoms with E-state index in [1.165, 1.54) is 0 Å². The smallest absolute Gasteiger partial charge is 0.435 e. The average molecular weight is 268 g/mol. The van der Waals surface area contributed by atoms with Crippen LogP contribution in [0.5, 0.6) is 0 Å². The van der Waals surface area contributed by atoms with E-state index in [1.54, 1.807) is 13.8 Å². The monoisotopic (exact) mass is 268 g/mol. The van der Waals surface area contributed by atoms with E-state index in [1.807, 2.05) is 0 Å². The first-order chi connectivity index (χ1) is 8.72. The predicted octanol–water partition coefficient (Wildman–Crippen LogP) is 0.184. The molecule has 0 saturated carbocycles. The highest BCUT2D eigenvalue weighted by Crippen LogP contribution is 1.81. The van der Waals surface area contributed by atoms with Gasteiger partial charge in [-0.3, -0.25) is 0 Å². The summed E-state index contributed by atoms with van der Waals surface area (Å²) in [6.45, 7) is 5.94. The quantitative estimate of drug-likeness (QED) is 0.455. The van der Waals surface area contributed by atoms with Crippen LogP contribution < -0.4 is 0 Å². The molecule has 7 heteroatoms. The van der Waals surface area contributed by atoms with Crippen molar-refractivity contribution in [3.05, 3.63) is 0 Å². The largest absolute Gasteiger partial charge is 0.508 e. The van der Waals surface area contributed by atoms with Gasteiger partial charge in [0.15, 0.2) is 0 Å². The Labute approximate surface area is 108 Å². The molecule has 0 bridgehead atoms. The van der Waals surface area contributed by atoms with E-state index < -0.39 is 6.16 Å².